The molecule has 34 heavy (non-hydrogen) atoms. The Morgan fingerprint density at radius 3 is 2.59 bits per heavy atom. The number of carboxylic acid groups (broad SMARTS) is 1. The number of aliphatic hydroxyl groups excluding tert-OH is 2. The van der Waals surface area contributed by atoms with E-state index in [1.54, 1.807) is 0 Å². The molecule has 0 fully saturated rings. The predicted molar refractivity (Wildman–Crippen MR) is 117 cm³/mol. The highest BCUT2D eigenvalue weighted by atomic mass is 16.5. The first-order valence-corrected chi connectivity index (χ1v) is 9.93. The fraction of sp³-hybridized carbons (Fsp3) is 0.500. The van der Waals surface area contributed by atoms with Gasteiger partial charge >= 0.3 is 11.7 Å². The van der Waals surface area contributed by atoms with Crippen molar-refractivity contribution in [1.29, 1.82) is 0 Å². The number of rotatable bonds is 10. The number of aromatic nitrogens is 2. The number of anilines is 1. The minimum Gasteiger partial charge on any atom is -0.479 e. The summed E-state index contributed by atoms with van der Waals surface area (Å²) in [6, 6.07) is -1.35. The van der Waals surface area contributed by atoms with Gasteiger partial charge in [0.25, 0.3) is 0 Å². The molecule has 1 aliphatic heterocycles. The molecule has 16 nitrogen and oxygen atoms in total. The molecule has 2 heterocycles. The van der Waals surface area contributed by atoms with Crippen molar-refractivity contribution in [3.05, 3.63) is 34.9 Å². The minimum atomic E-state index is -2.81. The van der Waals surface area contributed by atoms with E-state index in [-0.39, 0.29) is 11.8 Å². The van der Waals surface area contributed by atoms with Crippen LogP contribution in [0.3, 0.4) is 0 Å². The summed E-state index contributed by atoms with van der Waals surface area (Å²) in [5.74, 6) is -3.10. The van der Waals surface area contributed by atoms with E-state index in [0.717, 1.165) is 4.57 Å². The van der Waals surface area contributed by atoms with Crippen molar-refractivity contribution in [2.24, 2.45) is 22.2 Å². The van der Waals surface area contributed by atoms with Gasteiger partial charge in [0.1, 0.15) is 18.0 Å². The Morgan fingerprint density at radius 2 is 2.03 bits per heavy atom. The van der Waals surface area contributed by atoms with Crippen molar-refractivity contribution < 1.29 is 34.8 Å². The first kappa shape index (κ1) is 26.7. The molecule has 0 spiro atoms. The second kappa shape index (κ2) is 11.0. The van der Waals surface area contributed by atoms with Crippen LogP contribution in [-0.4, -0.2) is 90.9 Å². The molecule has 0 saturated carbocycles. The fourth-order valence-corrected chi connectivity index (χ4v) is 3.22. The standard InChI is InChI=1S/C18H28N8O8/c19-9(7-27)14(29)24-10-1-2-12(26-4-3-11(20)25-17(26)32)34-13(10)18(33,15(30)31)5-8(28)6-23-16(21)22/h1-4,8-10,12-13,27-28,33H,5-7,19H2,(H,24,29)(H,30,31)(H2,20,25,32)(H4,21,22,23)/t8?,9?,10-,12+,13?,18?/m0/s1. The Bertz CT molecular complexity index is 1010. The molecule has 1 aromatic heterocycles. The van der Waals surface area contributed by atoms with Crippen LogP contribution in [0.15, 0.2) is 34.2 Å². The maximum atomic E-state index is 12.2. The van der Waals surface area contributed by atoms with Crippen molar-refractivity contribution in [1.82, 2.24) is 14.9 Å². The van der Waals surface area contributed by atoms with Gasteiger partial charge in [-0.05, 0) is 12.1 Å². The molecule has 13 N–H and O–H groups in total. The zero-order chi connectivity index (χ0) is 25.6. The highest BCUT2D eigenvalue weighted by Gasteiger charge is 2.52. The van der Waals surface area contributed by atoms with Gasteiger partial charge in [-0.1, -0.05) is 6.08 Å². The van der Waals surface area contributed by atoms with Crippen LogP contribution in [0.5, 0.6) is 0 Å². The summed E-state index contributed by atoms with van der Waals surface area (Å²) in [5.41, 5.74) is 17.8. The lowest BCUT2D eigenvalue weighted by Crippen LogP contribution is -2.63. The lowest BCUT2D eigenvalue weighted by molar-refractivity contribution is -0.197. The smallest absolute Gasteiger partial charge is 0.351 e. The number of nitrogen functional groups attached to an aromatic ring is 1. The lowest BCUT2D eigenvalue weighted by Gasteiger charge is -2.41. The number of aliphatic imine (C=N–C) groups is 1. The molecule has 4 unspecified atom stereocenters. The van der Waals surface area contributed by atoms with E-state index in [1.807, 2.05) is 0 Å². The van der Waals surface area contributed by atoms with Crippen molar-refractivity contribution in [2.45, 2.75) is 42.5 Å². The molecule has 16 heteroatoms. The molecule has 6 atom stereocenters. The van der Waals surface area contributed by atoms with Crippen molar-refractivity contribution in [2.75, 3.05) is 18.9 Å². The van der Waals surface area contributed by atoms with E-state index in [2.05, 4.69) is 15.3 Å². The summed E-state index contributed by atoms with van der Waals surface area (Å²) < 4.78 is 6.69. The molecular weight excluding hydrogens is 456 g/mol. The van der Waals surface area contributed by atoms with Crippen LogP contribution >= 0.6 is 0 Å². The Hall–Kier alpha value is -3.57. The summed E-state index contributed by atoms with van der Waals surface area (Å²) >= 11 is 0. The van der Waals surface area contributed by atoms with E-state index in [4.69, 9.17) is 32.8 Å². The Labute approximate surface area is 192 Å². The van der Waals surface area contributed by atoms with Crippen LogP contribution in [0.1, 0.15) is 12.6 Å². The summed E-state index contributed by atoms with van der Waals surface area (Å²) in [6.45, 7) is -1.14. The highest BCUT2D eigenvalue weighted by Crippen LogP contribution is 2.31. The number of amides is 1. The van der Waals surface area contributed by atoms with Crippen LogP contribution < -0.4 is 33.9 Å². The number of carbonyl (C=O) groups is 2. The van der Waals surface area contributed by atoms with E-state index in [9.17, 15) is 29.7 Å². The van der Waals surface area contributed by atoms with E-state index in [1.165, 1.54) is 24.4 Å². The normalized spacial score (nSPS) is 23.4. The van der Waals surface area contributed by atoms with E-state index < -0.39 is 73.3 Å². The second-order valence-electron chi connectivity index (χ2n) is 7.55. The molecule has 1 aliphatic rings. The number of nitrogens with two attached hydrogens (primary N) is 4. The molecule has 188 valence electrons. The second-order valence-corrected chi connectivity index (χ2v) is 7.55. The highest BCUT2D eigenvalue weighted by molar-refractivity contribution is 5.83. The zero-order valence-corrected chi connectivity index (χ0v) is 17.9. The maximum Gasteiger partial charge on any atom is 0.351 e. The average molecular weight is 484 g/mol. The number of ether oxygens (including phenoxy) is 1. The number of hydrogen-bond acceptors (Lipinski definition) is 11. The molecule has 0 aliphatic carbocycles. The average Bonchev–Trinajstić information content (AvgIpc) is 2.77. The van der Waals surface area contributed by atoms with Gasteiger partial charge in [-0.2, -0.15) is 4.98 Å². The van der Waals surface area contributed by atoms with Gasteiger partial charge < -0.3 is 53.4 Å². The first-order valence-electron chi connectivity index (χ1n) is 9.93. The summed E-state index contributed by atoms with van der Waals surface area (Å²) in [4.78, 5) is 43.8. The molecule has 0 saturated heterocycles. The number of carbonyl (C=O) groups excluding carboxylic acids is 1. The molecule has 0 aromatic carbocycles. The largest absolute Gasteiger partial charge is 0.479 e. The number of guanidine groups is 1. The third-order valence-corrected chi connectivity index (χ3v) is 4.94. The molecular formula is C18H28N8O8. The zero-order valence-electron chi connectivity index (χ0n) is 17.9. The molecule has 2 rings (SSSR count). The van der Waals surface area contributed by atoms with Gasteiger partial charge in [-0.3, -0.25) is 14.4 Å². The number of aliphatic hydroxyl groups is 3. The predicted octanol–water partition coefficient (Wildman–Crippen LogP) is -5.08. The third-order valence-electron chi connectivity index (χ3n) is 4.94. The number of hydrogen-bond donors (Lipinski definition) is 9. The van der Waals surface area contributed by atoms with Crippen molar-refractivity contribution >= 4 is 23.7 Å². The van der Waals surface area contributed by atoms with E-state index in [0.29, 0.717) is 0 Å². The molecule has 0 bridgehead atoms. The van der Waals surface area contributed by atoms with Gasteiger partial charge in [0, 0.05) is 12.6 Å². The third kappa shape index (κ3) is 6.27. The topological polar surface area (TPSA) is 288 Å². The van der Waals surface area contributed by atoms with Gasteiger partial charge in [-0.25, -0.2) is 9.59 Å². The van der Waals surface area contributed by atoms with Gasteiger partial charge in [0.05, 0.1) is 25.3 Å². The molecule has 1 aromatic rings. The van der Waals surface area contributed by atoms with Crippen LogP contribution in [0.4, 0.5) is 5.82 Å². The van der Waals surface area contributed by atoms with Crippen molar-refractivity contribution in [3.63, 3.8) is 0 Å². The van der Waals surface area contributed by atoms with Crippen LogP contribution in [-0.2, 0) is 14.3 Å². The van der Waals surface area contributed by atoms with Gasteiger partial charge in [0.2, 0.25) is 5.91 Å². The van der Waals surface area contributed by atoms with Gasteiger partial charge in [-0.15, -0.1) is 0 Å². The van der Waals surface area contributed by atoms with E-state index >= 15 is 0 Å². The number of nitrogens with one attached hydrogen (secondary N) is 1. The Balaban J connectivity index is 2.46. The lowest BCUT2D eigenvalue weighted by atomic mass is 9.84. The monoisotopic (exact) mass is 484 g/mol. The summed E-state index contributed by atoms with van der Waals surface area (Å²) in [5, 5.41) is 42.7. The maximum absolute atomic E-state index is 12.2. The van der Waals surface area contributed by atoms with Gasteiger partial charge in [0.15, 0.2) is 17.8 Å². The summed E-state index contributed by atoms with van der Waals surface area (Å²) in [7, 11) is 0. The first-order chi connectivity index (χ1) is 15.9. The molecule has 1 amide bonds. The fourth-order valence-electron chi connectivity index (χ4n) is 3.22. The number of carboxylic acids is 1. The quantitative estimate of drug-likeness (QED) is 0.0854. The van der Waals surface area contributed by atoms with Crippen LogP contribution in [0.25, 0.3) is 0 Å². The van der Waals surface area contributed by atoms with Crippen LogP contribution in [0, 0.1) is 0 Å². The number of aliphatic carboxylic acids is 1. The Kier molecular flexibility index (Phi) is 8.66. The molecule has 0 radical (unpaired) electrons. The van der Waals surface area contributed by atoms with Crippen LogP contribution in [0.2, 0.25) is 0 Å². The Morgan fingerprint density at radius 1 is 1.35 bits per heavy atom. The van der Waals surface area contributed by atoms with Crippen molar-refractivity contribution in [3.8, 4) is 0 Å². The summed E-state index contributed by atoms with van der Waals surface area (Å²) in [6.07, 6.45) is -1.54. The number of nitrogens with zero attached hydrogens (tertiary/aromatic N) is 3. The SMILES string of the molecule is NC(N)=NCC(O)CC(O)(C(=O)O)C1O[C@@H](n2ccc(N)nc2=O)C=C[C@@H]1NC(=O)C(N)CO. The minimum absolute atomic E-state index is 0.0642.